The number of unbranched alkanes of at least 4 members (excludes halogenated alkanes) is 12. The normalized spacial score (nSPS) is 10.8. The molecule has 1 heteroatoms. The van der Waals surface area contributed by atoms with Gasteiger partial charge in [0.25, 0.3) is 0 Å². The molecule has 0 aromatic rings. The van der Waals surface area contributed by atoms with Gasteiger partial charge in [-0.1, -0.05) is 90.9 Å². The minimum atomic E-state index is 0.308. The van der Waals surface area contributed by atoms with Crippen LogP contribution in [0, 0.1) is 6.42 Å². The third-order valence-electron chi connectivity index (χ3n) is 3.85. The number of carbonyl (C=O) groups excluding carboxylic acids is 1. The Hall–Kier alpha value is -0.330. The van der Waals surface area contributed by atoms with Gasteiger partial charge in [0, 0.05) is 12.8 Å². The predicted octanol–water partition coefficient (Wildman–Crippen LogP) is 6.26. The van der Waals surface area contributed by atoms with Crippen molar-refractivity contribution >= 4 is 5.78 Å². The zero-order chi connectivity index (χ0) is 14.2. The molecule has 0 aliphatic carbocycles. The number of rotatable bonds is 15. The number of ketones is 1. The molecule has 0 unspecified atom stereocenters. The van der Waals surface area contributed by atoms with Crippen LogP contribution >= 0.6 is 0 Å². The molecule has 0 saturated heterocycles. The van der Waals surface area contributed by atoms with Gasteiger partial charge in [-0.25, -0.2) is 0 Å². The summed E-state index contributed by atoms with van der Waals surface area (Å²) in [6.45, 7) is 4.11. The first kappa shape index (κ1) is 18.7. The zero-order valence-electron chi connectivity index (χ0n) is 13.4. The molecule has 0 aromatic heterocycles. The van der Waals surface area contributed by atoms with Crippen molar-refractivity contribution in [2.75, 3.05) is 0 Å². The monoisotopic (exact) mass is 267 g/mol. The fraction of sp³-hybridized carbons (Fsp3) is 0.889. The Bertz CT molecular complexity index is 186. The van der Waals surface area contributed by atoms with Gasteiger partial charge in [-0.2, -0.15) is 0 Å². The number of hydrogen-bond acceptors (Lipinski definition) is 1. The first-order chi connectivity index (χ1) is 9.31. The Kier molecular flexibility index (Phi) is 15.5. The maximum absolute atomic E-state index is 11.1. The van der Waals surface area contributed by atoms with E-state index in [9.17, 15) is 4.79 Å². The molecule has 0 saturated carbocycles. The first-order valence-electron chi connectivity index (χ1n) is 8.63. The van der Waals surface area contributed by atoms with Crippen molar-refractivity contribution in [3.8, 4) is 0 Å². The van der Waals surface area contributed by atoms with Crippen molar-refractivity contribution in [2.45, 2.75) is 104 Å². The average molecular weight is 267 g/mol. The Morgan fingerprint density at radius 1 is 0.684 bits per heavy atom. The Morgan fingerprint density at radius 3 is 1.42 bits per heavy atom. The van der Waals surface area contributed by atoms with E-state index in [1.165, 1.54) is 77.0 Å². The second-order valence-corrected chi connectivity index (χ2v) is 5.75. The lowest BCUT2D eigenvalue weighted by molar-refractivity contribution is -0.115. The molecule has 0 rings (SSSR count). The fourth-order valence-electron chi connectivity index (χ4n) is 2.46. The topological polar surface area (TPSA) is 17.1 Å². The van der Waals surface area contributed by atoms with Crippen molar-refractivity contribution in [3.63, 3.8) is 0 Å². The van der Waals surface area contributed by atoms with Gasteiger partial charge in [0.05, 0.1) is 0 Å². The van der Waals surface area contributed by atoms with Gasteiger partial charge < -0.3 is 0 Å². The summed E-state index contributed by atoms with van der Waals surface area (Å²) in [5.74, 6) is 0.308. The van der Waals surface area contributed by atoms with E-state index in [0.717, 1.165) is 12.8 Å². The molecule has 0 aliphatic rings. The van der Waals surface area contributed by atoms with E-state index in [2.05, 4.69) is 6.92 Å². The van der Waals surface area contributed by atoms with Crippen molar-refractivity contribution in [1.29, 1.82) is 0 Å². The number of carbonyl (C=O) groups is 1. The van der Waals surface area contributed by atoms with Crippen LogP contribution in [-0.4, -0.2) is 5.78 Å². The number of Topliss-reactive ketones (excluding diaryl/α,β-unsaturated/α-hetero) is 1. The van der Waals surface area contributed by atoms with Gasteiger partial charge in [-0.05, 0) is 6.42 Å². The molecule has 0 spiro atoms. The molecule has 1 radical (unpaired) electrons. The molecule has 113 valence electrons. The van der Waals surface area contributed by atoms with Gasteiger partial charge in [0.2, 0.25) is 0 Å². The quantitative estimate of drug-likeness (QED) is 0.320. The molecule has 0 bridgehead atoms. The highest BCUT2D eigenvalue weighted by Crippen LogP contribution is 2.13. The van der Waals surface area contributed by atoms with Crippen LogP contribution in [0.3, 0.4) is 0 Å². The smallest absolute Gasteiger partial charge is 0.136 e. The molecule has 0 aliphatic heterocycles. The van der Waals surface area contributed by atoms with Crippen LogP contribution in [0.25, 0.3) is 0 Å². The fourth-order valence-corrected chi connectivity index (χ4v) is 2.46. The highest BCUT2D eigenvalue weighted by molar-refractivity contribution is 5.86. The summed E-state index contributed by atoms with van der Waals surface area (Å²) >= 11 is 0. The van der Waals surface area contributed by atoms with Crippen LogP contribution in [0.1, 0.15) is 104 Å². The van der Waals surface area contributed by atoms with Crippen LogP contribution in [0.2, 0.25) is 0 Å². The van der Waals surface area contributed by atoms with Gasteiger partial charge >= 0.3 is 0 Å². The standard InChI is InChI=1S/C18H35O/c1-3-5-6-7-8-9-10-11-12-13-14-15-16-17-18(19)4-2/h4H,3,5-17H2,1-2H3. The third-order valence-corrected chi connectivity index (χ3v) is 3.85. The molecule has 0 atom stereocenters. The number of hydrogen-bond donors (Lipinski definition) is 0. The molecule has 1 nitrogen and oxygen atoms in total. The van der Waals surface area contributed by atoms with E-state index >= 15 is 0 Å². The molecule has 0 amide bonds. The van der Waals surface area contributed by atoms with E-state index in [0.29, 0.717) is 5.78 Å². The van der Waals surface area contributed by atoms with Crippen LogP contribution in [0.5, 0.6) is 0 Å². The van der Waals surface area contributed by atoms with Gasteiger partial charge in [0.15, 0.2) is 0 Å². The molecule has 0 heterocycles. The van der Waals surface area contributed by atoms with Crippen LogP contribution in [0.4, 0.5) is 0 Å². The highest BCUT2D eigenvalue weighted by Gasteiger charge is 1.98. The summed E-state index contributed by atoms with van der Waals surface area (Å²) in [6, 6.07) is 0. The molecular weight excluding hydrogens is 232 g/mol. The maximum atomic E-state index is 11.1. The van der Waals surface area contributed by atoms with Crippen LogP contribution in [-0.2, 0) is 4.79 Å². The van der Waals surface area contributed by atoms with Crippen molar-refractivity contribution in [1.82, 2.24) is 0 Å². The average Bonchev–Trinajstić information content (AvgIpc) is 2.43. The second kappa shape index (κ2) is 15.7. The summed E-state index contributed by atoms with van der Waals surface area (Å²) < 4.78 is 0. The molecule has 19 heavy (non-hydrogen) atoms. The lowest BCUT2D eigenvalue weighted by Crippen LogP contribution is -1.94. The summed E-state index contributed by atoms with van der Waals surface area (Å²) in [7, 11) is 0. The molecule has 0 aromatic carbocycles. The molecular formula is C18H35O. The Morgan fingerprint density at radius 2 is 1.05 bits per heavy atom. The SMILES string of the molecule is C[CH]C(=O)CCCCCCCCCCCCCCC. The van der Waals surface area contributed by atoms with Crippen molar-refractivity contribution < 1.29 is 4.79 Å². The Labute approximate surface area is 121 Å². The van der Waals surface area contributed by atoms with E-state index in [1.807, 2.05) is 6.92 Å². The second-order valence-electron chi connectivity index (χ2n) is 5.75. The van der Waals surface area contributed by atoms with Crippen molar-refractivity contribution in [2.24, 2.45) is 0 Å². The van der Waals surface area contributed by atoms with Crippen LogP contribution < -0.4 is 0 Å². The predicted molar refractivity (Wildman–Crippen MR) is 85.3 cm³/mol. The summed E-state index contributed by atoms with van der Waals surface area (Å²) in [5.41, 5.74) is 0. The lowest BCUT2D eigenvalue weighted by Gasteiger charge is -2.02. The largest absolute Gasteiger partial charge is 0.299 e. The minimum absolute atomic E-state index is 0.308. The first-order valence-corrected chi connectivity index (χ1v) is 8.63. The maximum Gasteiger partial charge on any atom is 0.136 e. The van der Waals surface area contributed by atoms with Gasteiger partial charge in [-0.15, -0.1) is 0 Å². The minimum Gasteiger partial charge on any atom is -0.299 e. The van der Waals surface area contributed by atoms with Crippen LogP contribution in [0.15, 0.2) is 0 Å². The van der Waals surface area contributed by atoms with Gasteiger partial charge in [0.1, 0.15) is 5.78 Å². The lowest BCUT2D eigenvalue weighted by atomic mass is 10.0. The molecule has 0 N–H and O–H groups in total. The zero-order valence-corrected chi connectivity index (χ0v) is 13.4. The summed E-state index contributed by atoms with van der Waals surface area (Å²) in [5, 5.41) is 0. The van der Waals surface area contributed by atoms with Gasteiger partial charge in [-0.3, -0.25) is 4.79 Å². The Balaban J connectivity index is 2.97. The third kappa shape index (κ3) is 15.6. The van der Waals surface area contributed by atoms with E-state index < -0.39 is 0 Å². The van der Waals surface area contributed by atoms with E-state index in [4.69, 9.17) is 0 Å². The summed E-state index contributed by atoms with van der Waals surface area (Å²) in [4.78, 5) is 11.1. The van der Waals surface area contributed by atoms with Crippen molar-refractivity contribution in [3.05, 3.63) is 6.42 Å². The van der Waals surface area contributed by atoms with E-state index in [-0.39, 0.29) is 0 Å². The summed E-state index contributed by atoms with van der Waals surface area (Å²) in [6.07, 6.45) is 20.2. The van der Waals surface area contributed by atoms with E-state index in [1.54, 1.807) is 6.42 Å². The molecule has 0 fully saturated rings. The highest BCUT2D eigenvalue weighted by atomic mass is 16.1.